The fourth-order valence-corrected chi connectivity index (χ4v) is 1.68. The molecule has 0 unspecified atom stereocenters. The number of hydrogen-bond acceptors (Lipinski definition) is 2. The van der Waals surface area contributed by atoms with Crippen LogP contribution in [0.25, 0.3) is 0 Å². The van der Waals surface area contributed by atoms with Gasteiger partial charge in [-0.2, -0.15) is 0 Å². The number of rotatable bonds is 1. The molecule has 0 amide bonds. The molecule has 0 aliphatic carbocycles. The highest BCUT2D eigenvalue weighted by Gasteiger charge is 2.01. The van der Waals surface area contributed by atoms with Gasteiger partial charge in [0.1, 0.15) is 0 Å². The molecule has 0 aromatic heterocycles. The number of nitrogens with two attached hydrogens (primary N) is 2. The molecule has 0 spiro atoms. The molecule has 0 saturated heterocycles. The Morgan fingerprint density at radius 2 is 2.09 bits per heavy atom. The van der Waals surface area contributed by atoms with Gasteiger partial charge in [0.05, 0.1) is 0 Å². The molecule has 1 rings (SSSR count). The van der Waals surface area contributed by atoms with Crippen molar-refractivity contribution in [1.29, 1.82) is 0 Å². The zero-order valence-electron chi connectivity index (χ0n) is 6.39. The predicted molar refractivity (Wildman–Crippen MR) is 56.2 cm³/mol. The molecule has 0 fully saturated rings. The zero-order chi connectivity index (χ0) is 8.43. The van der Waals surface area contributed by atoms with Crippen LogP contribution in [0, 0.1) is 10.5 Å². The Morgan fingerprint density at radius 3 is 2.64 bits per heavy atom. The Hall–Kier alpha value is -0.290. The molecule has 0 atom stereocenters. The van der Waals surface area contributed by atoms with Crippen LogP contribution < -0.4 is 11.5 Å². The van der Waals surface area contributed by atoms with Crippen LogP contribution in [0.2, 0.25) is 0 Å². The van der Waals surface area contributed by atoms with E-state index in [1.165, 1.54) is 9.13 Å². The van der Waals surface area contributed by atoms with Crippen molar-refractivity contribution in [3.05, 3.63) is 26.8 Å². The third-order valence-electron chi connectivity index (χ3n) is 1.69. The minimum Gasteiger partial charge on any atom is -0.399 e. The second-order valence-electron chi connectivity index (χ2n) is 2.49. The molecule has 0 saturated carbocycles. The lowest BCUT2D eigenvalue weighted by molar-refractivity contribution is 1.05. The summed E-state index contributed by atoms with van der Waals surface area (Å²) in [6, 6.07) is 3.88. The first kappa shape index (κ1) is 8.80. The summed E-state index contributed by atoms with van der Waals surface area (Å²) in [5, 5.41) is 0. The normalized spacial score (nSPS) is 10.1. The maximum atomic E-state index is 5.64. The van der Waals surface area contributed by atoms with Gasteiger partial charge in [0.15, 0.2) is 0 Å². The Morgan fingerprint density at radius 1 is 1.45 bits per heavy atom. The van der Waals surface area contributed by atoms with Gasteiger partial charge in [-0.25, -0.2) is 0 Å². The molecule has 60 valence electrons. The van der Waals surface area contributed by atoms with Crippen LogP contribution in [0.15, 0.2) is 12.1 Å². The van der Waals surface area contributed by atoms with Gasteiger partial charge in [0.2, 0.25) is 0 Å². The van der Waals surface area contributed by atoms with Crippen LogP contribution in [0.1, 0.15) is 11.1 Å². The number of anilines is 1. The average Bonchev–Trinajstić information content (AvgIpc) is 1.96. The van der Waals surface area contributed by atoms with Crippen molar-refractivity contribution in [3.8, 4) is 0 Å². The molecule has 3 heteroatoms. The quantitative estimate of drug-likeness (QED) is 0.597. The molecule has 11 heavy (non-hydrogen) atoms. The molecule has 2 nitrogen and oxygen atoms in total. The summed E-state index contributed by atoms with van der Waals surface area (Å²) < 4.78 is 1.18. The van der Waals surface area contributed by atoms with E-state index in [4.69, 9.17) is 11.5 Å². The standard InChI is InChI=1S/C8H11IN2/c1-5-6(4-10)2-7(11)3-8(5)9/h2-3H,4,10-11H2,1H3. The molecule has 0 aliphatic heterocycles. The van der Waals surface area contributed by atoms with Crippen molar-refractivity contribution in [2.75, 3.05) is 5.73 Å². The lowest BCUT2D eigenvalue weighted by atomic mass is 10.1. The van der Waals surface area contributed by atoms with Crippen LogP contribution in [-0.2, 0) is 6.54 Å². The van der Waals surface area contributed by atoms with Crippen molar-refractivity contribution in [2.45, 2.75) is 13.5 Å². The molecule has 0 heterocycles. The fourth-order valence-electron chi connectivity index (χ4n) is 0.971. The monoisotopic (exact) mass is 262 g/mol. The van der Waals surface area contributed by atoms with E-state index in [2.05, 4.69) is 29.5 Å². The maximum absolute atomic E-state index is 5.64. The lowest BCUT2D eigenvalue weighted by Crippen LogP contribution is -2.02. The van der Waals surface area contributed by atoms with E-state index in [9.17, 15) is 0 Å². The second kappa shape index (κ2) is 3.40. The number of benzene rings is 1. The highest BCUT2D eigenvalue weighted by molar-refractivity contribution is 14.1. The Kier molecular flexibility index (Phi) is 2.72. The van der Waals surface area contributed by atoms with Gasteiger partial charge in [-0.15, -0.1) is 0 Å². The van der Waals surface area contributed by atoms with Gasteiger partial charge in [-0.3, -0.25) is 0 Å². The fraction of sp³-hybridized carbons (Fsp3) is 0.250. The van der Waals surface area contributed by atoms with E-state index >= 15 is 0 Å². The molecule has 0 aliphatic rings. The van der Waals surface area contributed by atoms with Gasteiger partial charge >= 0.3 is 0 Å². The summed E-state index contributed by atoms with van der Waals surface area (Å²) in [5.74, 6) is 0. The van der Waals surface area contributed by atoms with E-state index in [0.29, 0.717) is 6.54 Å². The number of nitrogen functional groups attached to an aromatic ring is 1. The first-order valence-electron chi connectivity index (χ1n) is 3.39. The van der Waals surface area contributed by atoms with Crippen LogP contribution in [-0.4, -0.2) is 0 Å². The van der Waals surface area contributed by atoms with E-state index < -0.39 is 0 Å². The minimum atomic E-state index is 0.562. The smallest absolute Gasteiger partial charge is 0.0328 e. The summed E-state index contributed by atoms with van der Waals surface area (Å²) in [6.45, 7) is 2.62. The molecule has 1 aromatic carbocycles. The summed E-state index contributed by atoms with van der Waals surface area (Å²) >= 11 is 2.26. The number of halogens is 1. The van der Waals surface area contributed by atoms with E-state index in [1.807, 2.05) is 12.1 Å². The summed E-state index contributed by atoms with van der Waals surface area (Å²) in [4.78, 5) is 0. The molecule has 1 aromatic rings. The van der Waals surface area contributed by atoms with E-state index in [-0.39, 0.29) is 0 Å². The van der Waals surface area contributed by atoms with Crippen molar-refractivity contribution in [1.82, 2.24) is 0 Å². The second-order valence-corrected chi connectivity index (χ2v) is 3.65. The highest BCUT2D eigenvalue weighted by Crippen LogP contribution is 2.19. The minimum absolute atomic E-state index is 0.562. The molecular formula is C8H11IN2. The maximum Gasteiger partial charge on any atom is 0.0328 e. The molecule has 0 radical (unpaired) electrons. The third-order valence-corrected chi connectivity index (χ3v) is 2.81. The topological polar surface area (TPSA) is 52.0 Å². The van der Waals surface area contributed by atoms with Gasteiger partial charge in [-0.1, -0.05) is 0 Å². The van der Waals surface area contributed by atoms with Gasteiger partial charge in [0.25, 0.3) is 0 Å². The first-order valence-corrected chi connectivity index (χ1v) is 4.47. The van der Waals surface area contributed by atoms with E-state index in [0.717, 1.165) is 11.3 Å². The molecular weight excluding hydrogens is 251 g/mol. The largest absolute Gasteiger partial charge is 0.399 e. The third kappa shape index (κ3) is 1.84. The predicted octanol–water partition coefficient (Wildman–Crippen LogP) is 1.64. The zero-order valence-corrected chi connectivity index (χ0v) is 8.55. The number of hydrogen-bond donors (Lipinski definition) is 2. The summed E-state index contributed by atoms with van der Waals surface area (Å²) in [7, 11) is 0. The van der Waals surface area contributed by atoms with Gasteiger partial charge in [-0.05, 0) is 52.8 Å². The summed E-state index contributed by atoms with van der Waals surface area (Å²) in [6.07, 6.45) is 0. The lowest BCUT2D eigenvalue weighted by Gasteiger charge is -2.06. The van der Waals surface area contributed by atoms with Crippen LogP contribution in [0.3, 0.4) is 0 Å². The first-order chi connectivity index (χ1) is 5.15. The Bertz CT molecular complexity index is 271. The average molecular weight is 262 g/mol. The van der Waals surface area contributed by atoms with Gasteiger partial charge in [0, 0.05) is 15.8 Å². The molecule has 4 N–H and O–H groups in total. The van der Waals surface area contributed by atoms with Crippen LogP contribution >= 0.6 is 22.6 Å². The summed E-state index contributed by atoms with van der Waals surface area (Å²) in [5.41, 5.74) is 14.3. The van der Waals surface area contributed by atoms with Gasteiger partial charge < -0.3 is 11.5 Å². The molecule has 0 bridgehead atoms. The highest BCUT2D eigenvalue weighted by atomic mass is 127. The van der Waals surface area contributed by atoms with Crippen molar-refractivity contribution in [2.24, 2.45) is 5.73 Å². The van der Waals surface area contributed by atoms with Crippen molar-refractivity contribution in [3.63, 3.8) is 0 Å². The van der Waals surface area contributed by atoms with Crippen LogP contribution in [0.4, 0.5) is 5.69 Å². The Labute approximate surface area is 80.1 Å². The SMILES string of the molecule is Cc1c(I)cc(N)cc1CN. The van der Waals surface area contributed by atoms with E-state index in [1.54, 1.807) is 0 Å². The Balaban J connectivity index is 3.24. The van der Waals surface area contributed by atoms with Crippen LogP contribution in [0.5, 0.6) is 0 Å². The van der Waals surface area contributed by atoms with Crippen molar-refractivity contribution >= 4 is 28.3 Å². The van der Waals surface area contributed by atoms with Crippen molar-refractivity contribution < 1.29 is 0 Å².